The predicted molar refractivity (Wildman–Crippen MR) is 127 cm³/mol. The van der Waals surface area contributed by atoms with Gasteiger partial charge in [-0.15, -0.1) is 0 Å². The van der Waals surface area contributed by atoms with Crippen molar-refractivity contribution < 1.29 is 9.50 Å². The number of benzene rings is 2. The molecule has 0 atom stereocenters. The molecular formula is C28H32FNO. The lowest BCUT2D eigenvalue weighted by molar-refractivity contribution is 0.279. The van der Waals surface area contributed by atoms with Crippen LogP contribution in [0.3, 0.4) is 0 Å². The van der Waals surface area contributed by atoms with Gasteiger partial charge in [0, 0.05) is 17.0 Å². The van der Waals surface area contributed by atoms with E-state index in [9.17, 15) is 9.50 Å². The number of rotatable bonds is 8. The monoisotopic (exact) mass is 417 g/mol. The summed E-state index contributed by atoms with van der Waals surface area (Å²) in [5.74, 6) is 0.157. The number of pyridine rings is 1. The molecule has 162 valence electrons. The third-order valence-corrected chi connectivity index (χ3v) is 5.53. The number of nitrogens with zero attached hydrogens (tertiary/aromatic N) is 1. The summed E-state index contributed by atoms with van der Waals surface area (Å²) in [6.07, 6.45) is 5.95. The maximum atomic E-state index is 13.6. The van der Waals surface area contributed by atoms with Gasteiger partial charge in [-0.3, -0.25) is 4.98 Å². The van der Waals surface area contributed by atoms with E-state index < -0.39 is 0 Å². The van der Waals surface area contributed by atoms with Crippen molar-refractivity contribution in [2.24, 2.45) is 0 Å². The maximum absolute atomic E-state index is 13.6. The Morgan fingerprint density at radius 1 is 0.806 bits per heavy atom. The second-order valence-corrected chi connectivity index (χ2v) is 8.55. The summed E-state index contributed by atoms with van der Waals surface area (Å²) in [5, 5.41) is 10.3. The normalized spacial score (nSPS) is 11.7. The first-order chi connectivity index (χ1) is 14.9. The molecule has 0 aliphatic heterocycles. The van der Waals surface area contributed by atoms with Crippen LogP contribution in [0.1, 0.15) is 67.6 Å². The second kappa shape index (κ2) is 10.5. The number of aromatic nitrogens is 1. The van der Waals surface area contributed by atoms with Gasteiger partial charge in [0.05, 0.1) is 6.61 Å². The highest BCUT2D eigenvalue weighted by molar-refractivity contribution is 5.73. The Bertz CT molecular complexity index is 1020. The number of hydrogen-bond acceptors (Lipinski definition) is 2. The predicted octanol–water partition coefficient (Wildman–Crippen LogP) is 6.97. The zero-order valence-corrected chi connectivity index (χ0v) is 18.9. The summed E-state index contributed by atoms with van der Waals surface area (Å²) in [7, 11) is 0. The molecule has 0 spiro atoms. The summed E-state index contributed by atoms with van der Waals surface area (Å²) >= 11 is 0. The van der Waals surface area contributed by atoms with E-state index in [1.807, 2.05) is 6.07 Å². The van der Waals surface area contributed by atoms with Crippen molar-refractivity contribution in [1.82, 2.24) is 4.98 Å². The van der Waals surface area contributed by atoms with Gasteiger partial charge >= 0.3 is 0 Å². The molecule has 0 saturated heterocycles. The third kappa shape index (κ3) is 5.48. The molecule has 0 aliphatic rings. The van der Waals surface area contributed by atoms with E-state index in [0.29, 0.717) is 6.42 Å². The first-order valence-corrected chi connectivity index (χ1v) is 11.0. The Hall–Kier alpha value is -2.78. The van der Waals surface area contributed by atoms with Crippen molar-refractivity contribution in [2.75, 3.05) is 0 Å². The van der Waals surface area contributed by atoms with Gasteiger partial charge in [0.15, 0.2) is 0 Å². The molecular weight excluding hydrogens is 385 g/mol. The van der Waals surface area contributed by atoms with Crippen LogP contribution in [0.25, 0.3) is 11.1 Å². The van der Waals surface area contributed by atoms with Gasteiger partial charge in [0.1, 0.15) is 5.82 Å². The van der Waals surface area contributed by atoms with Crippen LogP contribution in [0.15, 0.2) is 66.7 Å². The van der Waals surface area contributed by atoms with E-state index in [4.69, 9.17) is 4.98 Å². The fourth-order valence-corrected chi connectivity index (χ4v) is 4.02. The number of aliphatic hydroxyl groups excluding tert-OH is 1. The van der Waals surface area contributed by atoms with Gasteiger partial charge in [-0.25, -0.2) is 4.39 Å². The van der Waals surface area contributed by atoms with Crippen molar-refractivity contribution >= 4 is 0 Å². The molecule has 31 heavy (non-hydrogen) atoms. The largest absolute Gasteiger partial charge is 0.392 e. The average Bonchev–Trinajstić information content (AvgIpc) is 2.76. The Kier molecular flexibility index (Phi) is 7.75. The van der Waals surface area contributed by atoms with Crippen LogP contribution in [0, 0.1) is 5.82 Å². The molecule has 0 amide bonds. The van der Waals surface area contributed by atoms with Gasteiger partial charge in [-0.2, -0.15) is 0 Å². The Balaban J connectivity index is 2.11. The van der Waals surface area contributed by atoms with Crippen molar-refractivity contribution in [3.05, 3.63) is 101 Å². The van der Waals surface area contributed by atoms with Crippen molar-refractivity contribution in [1.29, 1.82) is 0 Å². The number of halogens is 1. The number of aliphatic hydroxyl groups is 1. The van der Waals surface area contributed by atoms with Gasteiger partial charge in [0.25, 0.3) is 0 Å². The quantitative estimate of drug-likeness (QED) is 0.402. The first kappa shape index (κ1) is 22.9. The van der Waals surface area contributed by atoms with Crippen LogP contribution in [0.4, 0.5) is 4.39 Å². The molecule has 2 nitrogen and oxygen atoms in total. The molecule has 0 fully saturated rings. The Labute approximate surface area is 185 Å². The SMILES string of the molecule is CC(C)c1nc(C(C)C)c(CC=CCc2ccccc2)c(-c2ccc(F)cc2)c1CO. The third-order valence-electron chi connectivity index (χ3n) is 5.53. The van der Waals surface area contributed by atoms with Gasteiger partial charge in [-0.1, -0.05) is 82.3 Å². The van der Waals surface area contributed by atoms with Crippen LogP contribution >= 0.6 is 0 Å². The zero-order valence-electron chi connectivity index (χ0n) is 18.9. The summed E-state index contributed by atoms with van der Waals surface area (Å²) in [4.78, 5) is 5.02. The zero-order chi connectivity index (χ0) is 22.4. The van der Waals surface area contributed by atoms with E-state index in [1.54, 1.807) is 12.1 Å². The average molecular weight is 418 g/mol. The van der Waals surface area contributed by atoms with Crippen molar-refractivity contribution in [3.63, 3.8) is 0 Å². The lowest BCUT2D eigenvalue weighted by atomic mass is 9.86. The molecule has 0 bridgehead atoms. The lowest BCUT2D eigenvalue weighted by Crippen LogP contribution is -2.12. The molecule has 1 N–H and O–H groups in total. The fraction of sp³-hybridized carbons (Fsp3) is 0.321. The van der Waals surface area contributed by atoms with E-state index in [0.717, 1.165) is 40.1 Å². The minimum absolute atomic E-state index is 0.0909. The van der Waals surface area contributed by atoms with E-state index in [2.05, 4.69) is 64.1 Å². The molecule has 3 rings (SSSR count). The molecule has 0 saturated carbocycles. The molecule has 3 heteroatoms. The summed E-state index contributed by atoms with van der Waals surface area (Å²) < 4.78 is 13.6. The topological polar surface area (TPSA) is 33.1 Å². The number of allylic oxidation sites excluding steroid dienone is 2. The molecule has 1 heterocycles. The Morgan fingerprint density at radius 3 is 1.97 bits per heavy atom. The van der Waals surface area contributed by atoms with Crippen LogP contribution in [0.2, 0.25) is 0 Å². The molecule has 0 unspecified atom stereocenters. The van der Waals surface area contributed by atoms with E-state index in [1.165, 1.54) is 17.7 Å². The molecule has 1 aromatic heterocycles. The second-order valence-electron chi connectivity index (χ2n) is 8.55. The Morgan fingerprint density at radius 2 is 1.39 bits per heavy atom. The minimum atomic E-state index is -0.263. The van der Waals surface area contributed by atoms with Crippen molar-refractivity contribution in [2.45, 2.75) is 59.0 Å². The maximum Gasteiger partial charge on any atom is 0.123 e. The highest BCUT2D eigenvalue weighted by Gasteiger charge is 2.22. The number of hydrogen-bond donors (Lipinski definition) is 1. The van der Waals surface area contributed by atoms with Crippen LogP contribution in [0.5, 0.6) is 0 Å². The smallest absolute Gasteiger partial charge is 0.123 e. The van der Waals surface area contributed by atoms with E-state index in [-0.39, 0.29) is 24.3 Å². The standard InChI is InChI=1S/C28H32FNO/c1-19(2)27-24(13-9-8-12-21-10-6-5-7-11-21)26(22-14-16-23(29)17-15-22)25(18-31)28(30-27)20(3)4/h5-11,14-17,19-20,31H,12-13,18H2,1-4H3. The first-order valence-electron chi connectivity index (χ1n) is 11.0. The van der Waals surface area contributed by atoms with Crippen LogP contribution in [-0.4, -0.2) is 10.1 Å². The molecule has 3 aromatic rings. The van der Waals surface area contributed by atoms with E-state index >= 15 is 0 Å². The minimum Gasteiger partial charge on any atom is -0.392 e. The summed E-state index contributed by atoms with van der Waals surface area (Å²) in [5.41, 5.74) is 7.10. The molecule has 0 radical (unpaired) electrons. The van der Waals surface area contributed by atoms with Crippen LogP contribution in [-0.2, 0) is 19.4 Å². The summed E-state index contributed by atoms with van der Waals surface area (Å²) in [6.45, 7) is 8.40. The fourth-order valence-electron chi connectivity index (χ4n) is 4.02. The summed E-state index contributed by atoms with van der Waals surface area (Å²) in [6, 6.07) is 16.9. The van der Waals surface area contributed by atoms with Gasteiger partial charge in [-0.05, 0) is 59.1 Å². The molecule has 0 aliphatic carbocycles. The van der Waals surface area contributed by atoms with Crippen molar-refractivity contribution in [3.8, 4) is 11.1 Å². The van der Waals surface area contributed by atoms with Crippen LogP contribution < -0.4 is 0 Å². The van der Waals surface area contributed by atoms with Gasteiger partial charge < -0.3 is 5.11 Å². The molecule has 2 aromatic carbocycles. The lowest BCUT2D eigenvalue weighted by Gasteiger charge is -2.23. The highest BCUT2D eigenvalue weighted by atomic mass is 19.1. The highest BCUT2D eigenvalue weighted by Crippen LogP contribution is 2.37. The van der Waals surface area contributed by atoms with Gasteiger partial charge in [0.2, 0.25) is 0 Å².